The predicted molar refractivity (Wildman–Crippen MR) is 137 cm³/mol. The molecule has 0 aliphatic heterocycles. The van der Waals surface area contributed by atoms with Gasteiger partial charge in [-0.15, -0.1) is 12.6 Å². The molecule has 3 rings (SSSR count). The fourth-order valence-corrected chi connectivity index (χ4v) is 3.86. The summed E-state index contributed by atoms with van der Waals surface area (Å²) in [4.78, 5) is 38.0. The van der Waals surface area contributed by atoms with E-state index in [-0.39, 0.29) is 12.2 Å². The van der Waals surface area contributed by atoms with E-state index in [1.54, 1.807) is 24.4 Å². The number of carboxylic acid groups (broad SMARTS) is 1. The van der Waals surface area contributed by atoms with E-state index in [0.29, 0.717) is 22.8 Å². The number of nitrogens with one attached hydrogen (secondary N) is 2. The van der Waals surface area contributed by atoms with E-state index in [4.69, 9.17) is 14.2 Å². The number of urea groups is 1. The first kappa shape index (κ1) is 26.5. The van der Waals surface area contributed by atoms with E-state index >= 15 is 0 Å². The normalized spacial score (nSPS) is 11.3. The molecule has 10 nitrogen and oxygen atoms in total. The van der Waals surface area contributed by atoms with Crippen LogP contribution in [0.2, 0.25) is 0 Å². The monoisotopic (exact) mass is 513 g/mol. The van der Waals surface area contributed by atoms with Gasteiger partial charge < -0.3 is 34.5 Å². The van der Waals surface area contributed by atoms with Crippen LogP contribution >= 0.6 is 12.6 Å². The minimum absolute atomic E-state index is 0.0330. The van der Waals surface area contributed by atoms with Crippen LogP contribution in [0.1, 0.15) is 23.6 Å². The molecule has 0 fully saturated rings. The Morgan fingerprint density at radius 1 is 1.03 bits per heavy atom. The number of aromatic nitrogens is 1. The second-order valence-corrected chi connectivity index (χ2v) is 8.17. The molecule has 2 amide bonds. The Labute approximate surface area is 213 Å². The van der Waals surface area contributed by atoms with Crippen molar-refractivity contribution in [3.05, 3.63) is 76.2 Å². The van der Waals surface area contributed by atoms with Gasteiger partial charge in [-0.2, -0.15) is 0 Å². The van der Waals surface area contributed by atoms with Gasteiger partial charge in [-0.3, -0.25) is 9.59 Å². The summed E-state index contributed by atoms with van der Waals surface area (Å²) in [6.45, 7) is 0.267. The third kappa shape index (κ3) is 6.30. The first-order valence-corrected chi connectivity index (χ1v) is 11.3. The van der Waals surface area contributed by atoms with E-state index in [1.165, 1.54) is 32.0 Å². The number of carbonyl (C=O) groups is 2. The van der Waals surface area contributed by atoms with Gasteiger partial charge in [0.2, 0.25) is 5.75 Å². The molecule has 11 heteroatoms. The maximum Gasteiger partial charge on any atom is 0.319 e. The van der Waals surface area contributed by atoms with Crippen LogP contribution < -0.4 is 30.4 Å². The molecular formula is C25H27N3O7S. The van der Waals surface area contributed by atoms with Gasteiger partial charge in [0, 0.05) is 11.1 Å². The standard InChI is InChI=1S/C25H27N3O7S/c1-33-19-11-16(12-20(34-2)23(19)35-3)18(13-22(29)30)27-25(32)26-17-8-6-10-28(24(17)31)14-15-7-4-5-9-21(15)36/h4-12,18,36H,13-14H2,1-3H3,(H,29,30)(H2,26,27,32)/t18-/m0/s1. The molecule has 0 saturated heterocycles. The molecular weight excluding hydrogens is 486 g/mol. The fourth-order valence-electron chi connectivity index (χ4n) is 3.63. The molecule has 1 aromatic heterocycles. The highest BCUT2D eigenvalue weighted by Crippen LogP contribution is 2.40. The number of carboxylic acids is 1. The largest absolute Gasteiger partial charge is 0.493 e. The van der Waals surface area contributed by atoms with Crippen molar-refractivity contribution in [3.8, 4) is 17.2 Å². The van der Waals surface area contributed by atoms with Crippen molar-refractivity contribution < 1.29 is 28.9 Å². The first-order valence-electron chi connectivity index (χ1n) is 10.8. The number of carbonyl (C=O) groups excluding carboxylic acids is 1. The van der Waals surface area contributed by atoms with Crippen LogP contribution in [0.4, 0.5) is 10.5 Å². The number of ether oxygens (including phenoxy) is 3. The van der Waals surface area contributed by atoms with Crippen LogP contribution in [0.5, 0.6) is 17.2 Å². The Balaban J connectivity index is 1.84. The summed E-state index contributed by atoms with van der Waals surface area (Å²) in [7, 11) is 4.31. The lowest BCUT2D eigenvalue weighted by Gasteiger charge is -2.21. The van der Waals surface area contributed by atoms with Gasteiger partial charge >= 0.3 is 12.0 Å². The molecule has 0 spiro atoms. The average molecular weight is 514 g/mol. The van der Waals surface area contributed by atoms with Crippen molar-refractivity contribution in [1.29, 1.82) is 0 Å². The fraction of sp³-hybridized carbons (Fsp3) is 0.240. The van der Waals surface area contributed by atoms with Gasteiger partial charge in [0.1, 0.15) is 5.69 Å². The quantitative estimate of drug-likeness (QED) is 0.305. The van der Waals surface area contributed by atoms with Crippen molar-refractivity contribution in [2.24, 2.45) is 0 Å². The SMILES string of the molecule is COc1cc([C@H](CC(=O)O)NC(=O)Nc2cccn(Cc3ccccc3S)c2=O)cc(OC)c1OC. The molecule has 3 N–H and O–H groups in total. The molecule has 0 unspecified atom stereocenters. The second kappa shape index (κ2) is 12.0. The molecule has 0 bridgehead atoms. The Kier molecular flexibility index (Phi) is 8.85. The zero-order valence-corrected chi connectivity index (χ0v) is 20.9. The van der Waals surface area contributed by atoms with Crippen LogP contribution in [0.25, 0.3) is 0 Å². The predicted octanol–water partition coefficient (Wildman–Crippen LogP) is 3.55. The van der Waals surface area contributed by atoms with E-state index < -0.39 is 30.0 Å². The minimum Gasteiger partial charge on any atom is -0.493 e. The first-order chi connectivity index (χ1) is 17.3. The van der Waals surface area contributed by atoms with Gasteiger partial charge in [-0.05, 0) is 41.5 Å². The number of hydrogen-bond acceptors (Lipinski definition) is 7. The number of methoxy groups -OCH3 is 3. The molecule has 0 saturated carbocycles. The number of thiol groups is 1. The molecule has 0 aliphatic rings. The summed E-state index contributed by atoms with van der Waals surface area (Å²) in [6, 6.07) is 11.9. The lowest BCUT2D eigenvalue weighted by atomic mass is 10.0. The topological polar surface area (TPSA) is 128 Å². The van der Waals surface area contributed by atoms with E-state index in [1.807, 2.05) is 24.3 Å². The number of pyridine rings is 1. The van der Waals surface area contributed by atoms with Crippen LogP contribution in [0.15, 0.2) is 64.4 Å². The molecule has 1 heterocycles. The summed E-state index contributed by atoms with van der Waals surface area (Å²) >= 11 is 4.42. The summed E-state index contributed by atoms with van der Waals surface area (Å²) < 4.78 is 17.4. The van der Waals surface area contributed by atoms with E-state index in [0.717, 1.165) is 10.5 Å². The minimum atomic E-state index is -1.14. The highest BCUT2D eigenvalue weighted by molar-refractivity contribution is 7.80. The zero-order valence-electron chi connectivity index (χ0n) is 20.0. The molecule has 1 atom stereocenters. The van der Waals surface area contributed by atoms with Crippen LogP contribution in [-0.2, 0) is 11.3 Å². The Bertz CT molecular complexity index is 1280. The number of anilines is 1. The molecule has 3 aromatic rings. The van der Waals surface area contributed by atoms with Gasteiger partial charge in [-0.25, -0.2) is 4.79 Å². The smallest absolute Gasteiger partial charge is 0.319 e. The van der Waals surface area contributed by atoms with Gasteiger partial charge in [0.25, 0.3) is 5.56 Å². The van der Waals surface area contributed by atoms with Crippen molar-refractivity contribution in [3.63, 3.8) is 0 Å². The average Bonchev–Trinajstić information content (AvgIpc) is 2.86. The molecule has 2 aromatic carbocycles. The summed E-state index contributed by atoms with van der Waals surface area (Å²) in [5.74, 6) is -0.198. The van der Waals surface area contributed by atoms with Crippen LogP contribution in [0, 0.1) is 0 Å². The van der Waals surface area contributed by atoms with Crippen LogP contribution in [-0.4, -0.2) is 43.0 Å². The maximum atomic E-state index is 12.9. The molecule has 0 radical (unpaired) electrons. The molecule has 0 aliphatic carbocycles. The Morgan fingerprint density at radius 3 is 2.28 bits per heavy atom. The third-order valence-corrected chi connectivity index (χ3v) is 5.81. The lowest BCUT2D eigenvalue weighted by molar-refractivity contribution is -0.137. The van der Waals surface area contributed by atoms with E-state index in [2.05, 4.69) is 23.3 Å². The Morgan fingerprint density at radius 2 is 1.69 bits per heavy atom. The number of aliphatic carboxylic acids is 1. The maximum absolute atomic E-state index is 12.9. The highest BCUT2D eigenvalue weighted by Gasteiger charge is 2.23. The number of rotatable bonds is 10. The number of hydrogen-bond donors (Lipinski definition) is 4. The summed E-state index contributed by atoms with van der Waals surface area (Å²) in [6.07, 6.45) is 1.18. The van der Waals surface area contributed by atoms with Crippen LogP contribution in [0.3, 0.4) is 0 Å². The Hall–Kier alpha value is -4.12. The zero-order chi connectivity index (χ0) is 26.2. The van der Waals surface area contributed by atoms with Crippen molar-refractivity contribution in [2.45, 2.75) is 23.9 Å². The number of nitrogens with zero attached hydrogens (tertiary/aromatic N) is 1. The molecule has 36 heavy (non-hydrogen) atoms. The van der Waals surface area contributed by atoms with Crippen molar-refractivity contribution in [1.82, 2.24) is 9.88 Å². The summed E-state index contributed by atoms with van der Waals surface area (Å²) in [5.41, 5.74) is 0.865. The highest BCUT2D eigenvalue weighted by atomic mass is 32.1. The number of benzene rings is 2. The van der Waals surface area contributed by atoms with Crippen molar-refractivity contribution >= 4 is 30.3 Å². The molecule has 190 valence electrons. The number of amides is 2. The van der Waals surface area contributed by atoms with E-state index in [9.17, 15) is 19.5 Å². The summed E-state index contributed by atoms with van der Waals surface area (Å²) in [5, 5.41) is 14.6. The van der Waals surface area contributed by atoms with Gasteiger partial charge in [0.05, 0.1) is 40.3 Å². The van der Waals surface area contributed by atoms with Gasteiger partial charge in [0.15, 0.2) is 11.5 Å². The lowest BCUT2D eigenvalue weighted by Crippen LogP contribution is -2.36. The third-order valence-electron chi connectivity index (χ3n) is 5.37. The second-order valence-electron chi connectivity index (χ2n) is 7.69. The van der Waals surface area contributed by atoms with Gasteiger partial charge in [-0.1, -0.05) is 18.2 Å². The van der Waals surface area contributed by atoms with Crippen molar-refractivity contribution in [2.75, 3.05) is 26.6 Å².